The maximum atomic E-state index is 5.86. The number of ether oxygens (including phenoxy) is 1. The zero-order valence-corrected chi connectivity index (χ0v) is 15.9. The van der Waals surface area contributed by atoms with Crippen molar-refractivity contribution in [1.29, 1.82) is 0 Å². The highest BCUT2D eigenvalue weighted by molar-refractivity contribution is 5.83. The second-order valence-electron chi connectivity index (χ2n) is 7.04. The van der Waals surface area contributed by atoms with E-state index in [1.54, 1.807) is 0 Å². The lowest BCUT2D eigenvalue weighted by Crippen LogP contribution is -2.06. The van der Waals surface area contributed by atoms with E-state index in [1.165, 1.54) is 0 Å². The van der Waals surface area contributed by atoms with Crippen LogP contribution in [0.5, 0.6) is 5.75 Å². The summed E-state index contributed by atoms with van der Waals surface area (Å²) in [5, 5.41) is 9.66. The summed E-state index contributed by atoms with van der Waals surface area (Å²) < 4.78 is 13.4. The normalized spacial score (nSPS) is 11.6. The summed E-state index contributed by atoms with van der Waals surface area (Å²) in [6.07, 6.45) is 1.93. The van der Waals surface area contributed by atoms with Gasteiger partial charge in [0.15, 0.2) is 0 Å². The summed E-state index contributed by atoms with van der Waals surface area (Å²) >= 11 is 0. The van der Waals surface area contributed by atoms with Crippen molar-refractivity contribution in [3.8, 4) is 28.6 Å². The van der Waals surface area contributed by atoms with Crippen LogP contribution in [0.2, 0.25) is 0 Å². The Morgan fingerprint density at radius 3 is 2.63 bits per heavy atom. The van der Waals surface area contributed by atoms with Gasteiger partial charge < -0.3 is 9.26 Å². The van der Waals surface area contributed by atoms with Crippen molar-refractivity contribution in [2.24, 2.45) is 0 Å². The number of hydrogen-bond donors (Lipinski definition) is 0. The largest absolute Gasteiger partial charge is 0.490 e. The average molecular weight is 362 g/mol. The Morgan fingerprint density at radius 2 is 1.85 bits per heavy atom. The molecule has 0 radical (unpaired) electrons. The molecule has 6 nitrogen and oxygen atoms in total. The number of aromatic nitrogens is 4. The molecule has 2 heterocycles. The molecule has 4 rings (SSSR count). The second-order valence-corrected chi connectivity index (χ2v) is 7.04. The van der Waals surface area contributed by atoms with E-state index in [9.17, 15) is 0 Å². The van der Waals surface area contributed by atoms with Crippen LogP contribution in [0.3, 0.4) is 0 Å². The third kappa shape index (κ3) is 3.30. The molecular weight excluding hydrogens is 340 g/mol. The van der Waals surface area contributed by atoms with E-state index < -0.39 is 0 Å². The van der Waals surface area contributed by atoms with Crippen LogP contribution in [-0.2, 0) is 0 Å². The number of para-hydroxylation sites is 1. The van der Waals surface area contributed by atoms with Gasteiger partial charge in [0.2, 0.25) is 5.82 Å². The van der Waals surface area contributed by atoms with Crippen LogP contribution in [-0.4, -0.2) is 26.0 Å². The molecule has 27 heavy (non-hydrogen) atoms. The first-order valence-corrected chi connectivity index (χ1v) is 9.10. The van der Waals surface area contributed by atoms with Crippen LogP contribution in [0.4, 0.5) is 0 Å². The summed E-state index contributed by atoms with van der Waals surface area (Å²) in [7, 11) is 0. The number of hydrogen-bond acceptors (Lipinski definition) is 5. The molecule has 0 aliphatic heterocycles. The smallest absolute Gasteiger partial charge is 0.258 e. The van der Waals surface area contributed by atoms with Crippen molar-refractivity contribution >= 4 is 10.9 Å². The number of nitrogens with zero attached hydrogens (tertiary/aromatic N) is 4. The zero-order valence-electron chi connectivity index (χ0n) is 15.9. The van der Waals surface area contributed by atoms with E-state index >= 15 is 0 Å². The predicted octanol–water partition coefficient (Wildman–Crippen LogP) is 5.12. The first-order valence-electron chi connectivity index (χ1n) is 9.10. The Balaban J connectivity index is 1.70. The fraction of sp³-hybridized carbons (Fsp3) is 0.286. The van der Waals surface area contributed by atoms with Crippen LogP contribution in [0.1, 0.15) is 33.7 Å². The third-order valence-corrected chi connectivity index (χ3v) is 4.25. The fourth-order valence-electron chi connectivity index (χ4n) is 3.06. The van der Waals surface area contributed by atoms with Gasteiger partial charge in [0.05, 0.1) is 23.4 Å². The van der Waals surface area contributed by atoms with Gasteiger partial charge in [0.25, 0.3) is 5.89 Å². The lowest BCUT2D eigenvalue weighted by Gasteiger charge is -2.11. The molecule has 0 saturated heterocycles. The summed E-state index contributed by atoms with van der Waals surface area (Å²) in [5.74, 6) is 1.73. The molecule has 0 aliphatic carbocycles. The monoisotopic (exact) mass is 362 g/mol. The van der Waals surface area contributed by atoms with Crippen LogP contribution < -0.4 is 4.74 Å². The van der Waals surface area contributed by atoms with Gasteiger partial charge in [0, 0.05) is 17.0 Å². The summed E-state index contributed by atoms with van der Waals surface area (Å²) in [5.41, 5.74) is 2.77. The van der Waals surface area contributed by atoms with E-state index in [1.807, 2.05) is 67.2 Å². The maximum absolute atomic E-state index is 5.86. The first kappa shape index (κ1) is 17.3. The lowest BCUT2D eigenvalue weighted by atomic mass is 10.1. The Hall–Kier alpha value is -3.15. The average Bonchev–Trinajstić information content (AvgIpc) is 3.28. The van der Waals surface area contributed by atoms with Crippen molar-refractivity contribution < 1.29 is 9.26 Å². The number of rotatable bonds is 5. The molecule has 0 spiro atoms. The second kappa shape index (κ2) is 6.87. The molecule has 4 aromatic rings. The van der Waals surface area contributed by atoms with Gasteiger partial charge in [-0.15, -0.1) is 0 Å². The molecule has 0 fully saturated rings. The zero-order chi connectivity index (χ0) is 19.0. The highest BCUT2D eigenvalue weighted by Crippen LogP contribution is 2.31. The molecule has 0 amide bonds. The molecule has 0 atom stereocenters. The third-order valence-electron chi connectivity index (χ3n) is 4.25. The summed E-state index contributed by atoms with van der Waals surface area (Å²) in [6.45, 7) is 8.21. The first-order chi connectivity index (χ1) is 13.0. The highest BCUT2D eigenvalue weighted by Gasteiger charge is 2.16. The van der Waals surface area contributed by atoms with E-state index in [-0.39, 0.29) is 6.10 Å². The van der Waals surface area contributed by atoms with Gasteiger partial charge in [-0.1, -0.05) is 17.3 Å². The minimum atomic E-state index is 0.0671. The molecule has 6 heteroatoms. The van der Waals surface area contributed by atoms with Crippen LogP contribution >= 0.6 is 0 Å². The van der Waals surface area contributed by atoms with Gasteiger partial charge in [-0.05, 0) is 58.0 Å². The summed E-state index contributed by atoms with van der Waals surface area (Å²) in [6, 6.07) is 14.1. The molecule has 0 N–H and O–H groups in total. The fourth-order valence-corrected chi connectivity index (χ4v) is 3.06. The van der Waals surface area contributed by atoms with E-state index in [2.05, 4.69) is 29.1 Å². The minimum Gasteiger partial charge on any atom is -0.490 e. The van der Waals surface area contributed by atoms with Crippen LogP contribution in [0, 0.1) is 0 Å². The quantitative estimate of drug-likeness (QED) is 0.493. The Labute approximate surface area is 157 Å². The molecular formula is C21H22N4O2. The van der Waals surface area contributed by atoms with Crippen molar-refractivity contribution in [2.45, 2.75) is 39.8 Å². The van der Waals surface area contributed by atoms with Gasteiger partial charge >= 0.3 is 0 Å². The lowest BCUT2D eigenvalue weighted by molar-refractivity contribution is 0.243. The Kier molecular flexibility index (Phi) is 4.39. The SMILES string of the molecule is CC(C)Oc1ccccc1-c1noc(-c2ccc3c(cnn3C(C)C)c2)n1. The van der Waals surface area contributed by atoms with Gasteiger partial charge in [-0.25, -0.2) is 0 Å². The number of fused-ring (bicyclic) bond motifs is 1. The molecule has 138 valence electrons. The number of benzene rings is 2. The van der Waals surface area contributed by atoms with Gasteiger partial charge in [-0.2, -0.15) is 10.1 Å². The molecule has 2 aromatic heterocycles. The van der Waals surface area contributed by atoms with Crippen molar-refractivity contribution in [3.05, 3.63) is 48.7 Å². The van der Waals surface area contributed by atoms with Crippen LogP contribution in [0.25, 0.3) is 33.7 Å². The minimum absolute atomic E-state index is 0.0671. The van der Waals surface area contributed by atoms with Crippen molar-refractivity contribution in [2.75, 3.05) is 0 Å². The van der Waals surface area contributed by atoms with E-state index in [0.717, 1.165) is 27.8 Å². The standard InChI is InChI=1S/C21H22N4O2/c1-13(2)25-18-10-9-15(11-16(18)12-22-25)21-23-20(24-27-21)17-7-5-6-8-19(17)26-14(3)4/h5-14H,1-4H3. The highest BCUT2D eigenvalue weighted by atomic mass is 16.5. The van der Waals surface area contributed by atoms with Crippen molar-refractivity contribution in [3.63, 3.8) is 0 Å². The molecule has 0 saturated carbocycles. The van der Waals surface area contributed by atoms with Crippen molar-refractivity contribution in [1.82, 2.24) is 19.9 Å². The van der Waals surface area contributed by atoms with Crippen LogP contribution in [0.15, 0.2) is 53.2 Å². The molecule has 2 aromatic carbocycles. The molecule has 0 bridgehead atoms. The Bertz CT molecular complexity index is 1080. The van der Waals surface area contributed by atoms with E-state index in [4.69, 9.17) is 9.26 Å². The topological polar surface area (TPSA) is 66.0 Å². The Morgan fingerprint density at radius 1 is 1.04 bits per heavy atom. The van der Waals surface area contributed by atoms with E-state index in [0.29, 0.717) is 17.8 Å². The van der Waals surface area contributed by atoms with Gasteiger partial charge in [0.1, 0.15) is 5.75 Å². The predicted molar refractivity (Wildman–Crippen MR) is 105 cm³/mol. The van der Waals surface area contributed by atoms with Gasteiger partial charge in [-0.3, -0.25) is 4.68 Å². The maximum Gasteiger partial charge on any atom is 0.258 e. The summed E-state index contributed by atoms with van der Waals surface area (Å²) in [4.78, 5) is 4.58. The molecule has 0 aliphatic rings. The molecule has 0 unspecified atom stereocenters.